The SMILES string of the molecule is CNS(=O)(=O)C[C@H]1C[C@H]1C(F)F. The molecule has 0 aliphatic heterocycles. The van der Waals surface area contributed by atoms with Crippen LogP contribution in [-0.4, -0.2) is 27.6 Å². The van der Waals surface area contributed by atoms with E-state index >= 15 is 0 Å². The lowest BCUT2D eigenvalue weighted by atomic mass is 10.4. The number of halogens is 2. The molecule has 0 unspecified atom stereocenters. The standard InChI is InChI=1S/C6H11F2NO2S/c1-9-12(10,11)3-4-2-5(4)6(7)8/h4-6,9H,2-3H2,1H3/t4-,5-/m1/s1. The minimum absolute atomic E-state index is 0.168. The first kappa shape index (κ1) is 9.85. The van der Waals surface area contributed by atoms with Crippen molar-refractivity contribution in [2.45, 2.75) is 12.8 Å². The fraction of sp³-hybridized carbons (Fsp3) is 1.00. The molecular weight excluding hydrogens is 188 g/mol. The highest BCUT2D eigenvalue weighted by Crippen LogP contribution is 2.43. The molecule has 0 amide bonds. The summed E-state index contributed by atoms with van der Waals surface area (Å²) in [4.78, 5) is 0. The smallest absolute Gasteiger partial charge is 0.218 e. The van der Waals surface area contributed by atoms with Gasteiger partial charge in [0.1, 0.15) is 0 Å². The van der Waals surface area contributed by atoms with Gasteiger partial charge in [-0.3, -0.25) is 0 Å². The molecule has 0 aromatic rings. The molecule has 6 heteroatoms. The highest BCUT2D eigenvalue weighted by molar-refractivity contribution is 7.89. The van der Waals surface area contributed by atoms with Crippen molar-refractivity contribution in [1.29, 1.82) is 0 Å². The number of sulfonamides is 1. The van der Waals surface area contributed by atoms with Crippen molar-refractivity contribution >= 4 is 10.0 Å². The summed E-state index contributed by atoms with van der Waals surface area (Å²) >= 11 is 0. The first-order chi connectivity index (χ1) is 5.46. The molecule has 0 bridgehead atoms. The Morgan fingerprint density at radius 3 is 2.50 bits per heavy atom. The number of alkyl halides is 2. The number of rotatable bonds is 4. The molecule has 12 heavy (non-hydrogen) atoms. The maximum Gasteiger partial charge on any atom is 0.241 e. The second-order valence-electron chi connectivity index (χ2n) is 2.98. The third-order valence-electron chi connectivity index (χ3n) is 2.05. The second-order valence-corrected chi connectivity index (χ2v) is 4.95. The van der Waals surface area contributed by atoms with Crippen molar-refractivity contribution < 1.29 is 17.2 Å². The molecular formula is C6H11F2NO2S. The van der Waals surface area contributed by atoms with Gasteiger partial charge in [0, 0.05) is 5.92 Å². The van der Waals surface area contributed by atoms with Gasteiger partial charge in [0.15, 0.2) is 0 Å². The lowest BCUT2D eigenvalue weighted by Gasteiger charge is -2.00. The third-order valence-corrected chi connectivity index (χ3v) is 3.53. The van der Waals surface area contributed by atoms with Crippen molar-refractivity contribution in [1.82, 2.24) is 4.72 Å². The molecule has 1 saturated carbocycles. The predicted octanol–water partition coefficient (Wildman–Crippen LogP) is 0.437. The topological polar surface area (TPSA) is 46.2 Å². The molecule has 1 aliphatic rings. The maximum atomic E-state index is 11.9. The summed E-state index contributed by atoms with van der Waals surface area (Å²) in [5.74, 6) is -1.21. The van der Waals surface area contributed by atoms with Crippen LogP contribution in [0.5, 0.6) is 0 Å². The average Bonchev–Trinajstić information content (AvgIpc) is 2.67. The van der Waals surface area contributed by atoms with E-state index in [-0.39, 0.29) is 11.7 Å². The summed E-state index contributed by atoms with van der Waals surface area (Å²) < 4.78 is 47.7. The Morgan fingerprint density at radius 2 is 2.17 bits per heavy atom. The molecule has 0 heterocycles. The van der Waals surface area contributed by atoms with Crippen molar-refractivity contribution in [2.24, 2.45) is 11.8 Å². The van der Waals surface area contributed by atoms with Crippen molar-refractivity contribution in [3.05, 3.63) is 0 Å². The van der Waals surface area contributed by atoms with Gasteiger partial charge in [-0.25, -0.2) is 21.9 Å². The van der Waals surface area contributed by atoms with Crippen molar-refractivity contribution in [3.8, 4) is 0 Å². The van der Waals surface area contributed by atoms with Gasteiger partial charge in [0.2, 0.25) is 16.4 Å². The third kappa shape index (κ3) is 2.38. The Labute approximate surface area is 70.2 Å². The molecule has 0 radical (unpaired) electrons. The van der Waals surface area contributed by atoms with Crippen LogP contribution >= 0.6 is 0 Å². The first-order valence-corrected chi connectivity index (χ1v) is 5.31. The van der Waals surface area contributed by atoms with Gasteiger partial charge in [-0.1, -0.05) is 0 Å². The van der Waals surface area contributed by atoms with Crippen LogP contribution in [0, 0.1) is 11.8 Å². The summed E-state index contributed by atoms with van der Waals surface area (Å²) in [5.41, 5.74) is 0. The molecule has 3 nitrogen and oxygen atoms in total. The zero-order chi connectivity index (χ0) is 9.35. The van der Waals surface area contributed by atoms with E-state index in [1.54, 1.807) is 0 Å². The van der Waals surface area contributed by atoms with E-state index in [4.69, 9.17) is 0 Å². The Kier molecular flexibility index (Phi) is 2.67. The first-order valence-electron chi connectivity index (χ1n) is 3.65. The maximum absolute atomic E-state index is 11.9. The second kappa shape index (κ2) is 3.26. The molecule has 1 aliphatic carbocycles. The zero-order valence-electron chi connectivity index (χ0n) is 6.63. The van der Waals surface area contributed by atoms with Crippen LogP contribution in [0.25, 0.3) is 0 Å². The van der Waals surface area contributed by atoms with Gasteiger partial charge < -0.3 is 0 Å². The number of hydrogen-bond acceptors (Lipinski definition) is 2. The summed E-state index contributed by atoms with van der Waals surface area (Å²) in [6.45, 7) is 0. The zero-order valence-corrected chi connectivity index (χ0v) is 7.44. The fourth-order valence-corrected chi connectivity index (χ4v) is 2.25. The van der Waals surface area contributed by atoms with Gasteiger partial charge in [-0.2, -0.15) is 0 Å². The van der Waals surface area contributed by atoms with Crippen LogP contribution in [-0.2, 0) is 10.0 Å². The lowest BCUT2D eigenvalue weighted by Crippen LogP contribution is -2.23. The quantitative estimate of drug-likeness (QED) is 0.714. The minimum atomic E-state index is -3.31. The Morgan fingerprint density at radius 1 is 1.58 bits per heavy atom. The van der Waals surface area contributed by atoms with Crippen molar-refractivity contribution in [2.75, 3.05) is 12.8 Å². The van der Waals surface area contributed by atoms with Crippen LogP contribution in [0.1, 0.15) is 6.42 Å². The van der Waals surface area contributed by atoms with Gasteiger partial charge in [0.25, 0.3) is 0 Å². The summed E-state index contributed by atoms with van der Waals surface area (Å²) in [6.07, 6.45) is -2.04. The average molecular weight is 199 g/mol. The van der Waals surface area contributed by atoms with E-state index in [0.717, 1.165) is 0 Å². The Hall–Kier alpha value is -0.230. The monoisotopic (exact) mass is 199 g/mol. The highest BCUT2D eigenvalue weighted by atomic mass is 32.2. The predicted molar refractivity (Wildman–Crippen MR) is 40.4 cm³/mol. The highest BCUT2D eigenvalue weighted by Gasteiger charge is 2.45. The van der Waals surface area contributed by atoms with Crippen LogP contribution < -0.4 is 4.72 Å². The van der Waals surface area contributed by atoms with E-state index in [1.165, 1.54) is 7.05 Å². The molecule has 0 aromatic heterocycles. The van der Waals surface area contributed by atoms with Gasteiger partial charge in [0.05, 0.1) is 5.75 Å². The minimum Gasteiger partial charge on any atom is -0.218 e. The van der Waals surface area contributed by atoms with Gasteiger partial charge in [-0.05, 0) is 19.4 Å². The Balaban J connectivity index is 2.38. The molecule has 1 rings (SSSR count). The fourth-order valence-electron chi connectivity index (χ4n) is 1.14. The lowest BCUT2D eigenvalue weighted by molar-refractivity contribution is 0.117. The molecule has 72 valence electrons. The largest absolute Gasteiger partial charge is 0.241 e. The number of hydrogen-bond donors (Lipinski definition) is 1. The normalized spacial score (nSPS) is 29.3. The molecule has 0 saturated heterocycles. The van der Waals surface area contributed by atoms with E-state index < -0.39 is 22.4 Å². The van der Waals surface area contributed by atoms with E-state index in [2.05, 4.69) is 4.72 Å². The van der Waals surface area contributed by atoms with E-state index in [1.807, 2.05) is 0 Å². The van der Waals surface area contributed by atoms with Gasteiger partial charge >= 0.3 is 0 Å². The van der Waals surface area contributed by atoms with E-state index in [9.17, 15) is 17.2 Å². The van der Waals surface area contributed by atoms with Gasteiger partial charge in [-0.15, -0.1) is 0 Å². The summed E-state index contributed by atoms with van der Waals surface area (Å²) in [6, 6.07) is 0. The van der Waals surface area contributed by atoms with Crippen LogP contribution in [0.15, 0.2) is 0 Å². The van der Waals surface area contributed by atoms with Crippen LogP contribution in [0.3, 0.4) is 0 Å². The summed E-state index contributed by atoms with van der Waals surface area (Å²) in [5, 5.41) is 0. The molecule has 0 spiro atoms. The summed E-state index contributed by atoms with van der Waals surface area (Å²) in [7, 11) is -2.02. The molecule has 0 aromatic carbocycles. The van der Waals surface area contributed by atoms with Crippen molar-refractivity contribution in [3.63, 3.8) is 0 Å². The molecule has 1 fully saturated rings. The number of nitrogens with one attached hydrogen (secondary N) is 1. The van der Waals surface area contributed by atoms with Crippen LogP contribution in [0.2, 0.25) is 0 Å². The van der Waals surface area contributed by atoms with E-state index in [0.29, 0.717) is 6.42 Å². The van der Waals surface area contributed by atoms with Crippen LogP contribution in [0.4, 0.5) is 8.78 Å². The molecule has 2 atom stereocenters. The molecule has 1 N–H and O–H groups in total. The Bertz CT molecular complexity index is 252.